The number of halogens is 4. The van der Waals surface area contributed by atoms with Crippen molar-refractivity contribution in [3.8, 4) is 0 Å². The number of benzene rings is 2. The lowest BCUT2D eigenvalue weighted by Crippen LogP contribution is -2.29. The van der Waals surface area contributed by atoms with E-state index in [1.165, 1.54) is 18.2 Å². The highest BCUT2D eigenvalue weighted by Gasteiger charge is 2.20. The third kappa shape index (κ3) is 3.09. The monoisotopic (exact) mass is 362 g/mol. The van der Waals surface area contributed by atoms with Gasteiger partial charge in [0, 0.05) is 9.50 Å². The molecule has 0 bridgehead atoms. The van der Waals surface area contributed by atoms with Crippen molar-refractivity contribution in [2.24, 2.45) is 5.84 Å². The van der Waals surface area contributed by atoms with Crippen molar-refractivity contribution >= 4 is 39.1 Å². The highest BCUT2D eigenvalue weighted by Crippen LogP contribution is 2.35. The van der Waals surface area contributed by atoms with Crippen molar-refractivity contribution in [1.82, 2.24) is 5.43 Å². The Morgan fingerprint density at radius 1 is 1.16 bits per heavy atom. The first kappa shape index (κ1) is 14.8. The molecule has 1 unspecified atom stereocenters. The van der Waals surface area contributed by atoms with Crippen LogP contribution in [0.2, 0.25) is 10.0 Å². The zero-order valence-corrected chi connectivity index (χ0v) is 12.7. The molecule has 0 aliphatic rings. The molecule has 0 aliphatic heterocycles. The van der Waals surface area contributed by atoms with Gasteiger partial charge in [-0.15, -0.1) is 0 Å². The lowest BCUT2D eigenvalue weighted by molar-refractivity contribution is 0.605. The summed E-state index contributed by atoms with van der Waals surface area (Å²) in [5, 5.41) is 0.922. The molecule has 19 heavy (non-hydrogen) atoms. The van der Waals surface area contributed by atoms with E-state index in [1.54, 1.807) is 6.07 Å². The van der Waals surface area contributed by atoms with E-state index in [0.717, 1.165) is 4.47 Å². The molecule has 0 radical (unpaired) electrons. The Labute approximate surface area is 128 Å². The number of nitrogens with two attached hydrogens (primary N) is 1. The summed E-state index contributed by atoms with van der Waals surface area (Å²) < 4.78 is 14.1. The zero-order chi connectivity index (χ0) is 14.0. The molecule has 0 aromatic heterocycles. The van der Waals surface area contributed by atoms with Crippen LogP contribution in [-0.2, 0) is 0 Å². The smallest absolute Gasteiger partial charge is 0.123 e. The molecule has 2 aromatic carbocycles. The maximum Gasteiger partial charge on any atom is 0.123 e. The highest BCUT2D eigenvalue weighted by atomic mass is 79.9. The first-order valence-corrected chi connectivity index (χ1v) is 6.94. The molecule has 0 aliphatic carbocycles. The van der Waals surface area contributed by atoms with Crippen LogP contribution in [0, 0.1) is 5.82 Å². The van der Waals surface area contributed by atoms with Crippen LogP contribution in [0.25, 0.3) is 0 Å². The predicted molar refractivity (Wildman–Crippen MR) is 79.7 cm³/mol. The summed E-state index contributed by atoms with van der Waals surface area (Å²) in [7, 11) is 0. The van der Waals surface area contributed by atoms with Crippen LogP contribution in [0.5, 0.6) is 0 Å². The minimum Gasteiger partial charge on any atom is -0.271 e. The van der Waals surface area contributed by atoms with Gasteiger partial charge >= 0.3 is 0 Å². The first-order valence-electron chi connectivity index (χ1n) is 5.39. The molecule has 0 saturated carbocycles. The van der Waals surface area contributed by atoms with Gasteiger partial charge in [-0.25, -0.2) is 9.82 Å². The Balaban J connectivity index is 2.56. The van der Waals surface area contributed by atoms with Crippen LogP contribution >= 0.6 is 39.1 Å². The molecule has 0 heterocycles. The molecule has 2 nitrogen and oxygen atoms in total. The summed E-state index contributed by atoms with van der Waals surface area (Å²) in [6, 6.07) is 9.07. The fraction of sp³-hybridized carbons (Fsp3) is 0.0769. The molecule has 0 saturated heterocycles. The van der Waals surface area contributed by atoms with Gasteiger partial charge in [0.05, 0.1) is 11.1 Å². The van der Waals surface area contributed by atoms with Gasteiger partial charge in [0.2, 0.25) is 0 Å². The van der Waals surface area contributed by atoms with Gasteiger partial charge in [-0.1, -0.05) is 35.3 Å². The maximum atomic E-state index is 13.4. The van der Waals surface area contributed by atoms with E-state index in [1.807, 2.05) is 12.1 Å². The predicted octanol–water partition coefficient (Wildman–Crippen LogP) is 4.45. The van der Waals surface area contributed by atoms with Gasteiger partial charge in [-0.2, -0.15) is 0 Å². The van der Waals surface area contributed by atoms with Crippen LogP contribution in [-0.4, -0.2) is 0 Å². The second-order valence-corrected chi connectivity index (χ2v) is 5.55. The largest absolute Gasteiger partial charge is 0.271 e. The molecular formula is C13H10BrCl2FN2. The molecule has 2 aromatic rings. The number of hydrazine groups is 1. The van der Waals surface area contributed by atoms with E-state index in [0.29, 0.717) is 21.2 Å². The van der Waals surface area contributed by atoms with Crippen LogP contribution in [0.3, 0.4) is 0 Å². The standard InChI is InChI=1S/C13H10BrCl2FN2/c14-10-3-1-2-8(12(10)16)13(19-18)9-6-7(17)4-5-11(9)15/h1-6,13,19H,18H2. The fourth-order valence-corrected chi connectivity index (χ4v) is 2.67. The van der Waals surface area contributed by atoms with Crippen molar-refractivity contribution in [2.75, 3.05) is 0 Å². The molecule has 100 valence electrons. The van der Waals surface area contributed by atoms with Gasteiger partial charge in [0.15, 0.2) is 0 Å². The van der Waals surface area contributed by atoms with E-state index < -0.39 is 6.04 Å². The summed E-state index contributed by atoms with van der Waals surface area (Å²) in [4.78, 5) is 0. The minimum absolute atomic E-state index is 0.384. The summed E-state index contributed by atoms with van der Waals surface area (Å²) in [6.07, 6.45) is 0. The molecule has 3 N–H and O–H groups in total. The Bertz CT molecular complexity index is 605. The average molecular weight is 364 g/mol. The maximum absolute atomic E-state index is 13.4. The lowest BCUT2D eigenvalue weighted by atomic mass is 9.99. The zero-order valence-electron chi connectivity index (χ0n) is 9.63. The minimum atomic E-state index is -0.492. The van der Waals surface area contributed by atoms with Crippen LogP contribution in [0.4, 0.5) is 4.39 Å². The third-order valence-corrected chi connectivity index (χ3v) is 4.38. The number of rotatable bonds is 3. The van der Waals surface area contributed by atoms with E-state index in [-0.39, 0.29) is 5.82 Å². The van der Waals surface area contributed by atoms with Crippen LogP contribution in [0.1, 0.15) is 17.2 Å². The molecule has 1 atom stereocenters. The van der Waals surface area contributed by atoms with E-state index in [9.17, 15) is 4.39 Å². The van der Waals surface area contributed by atoms with Crippen LogP contribution in [0.15, 0.2) is 40.9 Å². The Morgan fingerprint density at radius 2 is 1.89 bits per heavy atom. The second kappa shape index (κ2) is 6.20. The van der Waals surface area contributed by atoms with Crippen molar-refractivity contribution < 1.29 is 4.39 Å². The molecule has 0 spiro atoms. The number of nitrogens with one attached hydrogen (secondary N) is 1. The van der Waals surface area contributed by atoms with Crippen molar-refractivity contribution in [3.05, 3.63) is 67.9 Å². The summed E-state index contributed by atoms with van der Waals surface area (Å²) in [5.74, 6) is 5.19. The van der Waals surface area contributed by atoms with Crippen molar-refractivity contribution in [3.63, 3.8) is 0 Å². The quantitative estimate of drug-likeness (QED) is 0.624. The summed E-state index contributed by atoms with van der Waals surface area (Å²) in [5.41, 5.74) is 3.86. The summed E-state index contributed by atoms with van der Waals surface area (Å²) in [6.45, 7) is 0. The highest BCUT2D eigenvalue weighted by molar-refractivity contribution is 9.10. The SMILES string of the molecule is NNC(c1cc(F)ccc1Cl)c1cccc(Br)c1Cl. The lowest BCUT2D eigenvalue weighted by Gasteiger charge is -2.20. The fourth-order valence-electron chi connectivity index (χ4n) is 1.83. The Kier molecular flexibility index (Phi) is 4.81. The number of hydrogen-bond donors (Lipinski definition) is 2. The number of hydrogen-bond acceptors (Lipinski definition) is 2. The van der Waals surface area contributed by atoms with E-state index in [2.05, 4.69) is 21.4 Å². The van der Waals surface area contributed by atoms with Gasteiger partial charge < -0.3 is 0 Å². The van der Waals surface area contributed by atoms with E-state index in [4.69, 9.17) is 29.0 Å². The molecule has 2 rings (SSSR count). The van der Waals surface area contributed by atoms with Crippen LogP contribution < -0.4 is 11.3 Å². The van der Waals surface area contributed by atoms with E-state index >= 15 is 0 Å². The average Bonchev–Trinajstić information content (AvgIpc) is 2.39. The first-order chi connectivity index (χ1) is 9.04. The van der Waals surface area contributed by atoms with Gasteiger partial charge in [0.1, 0.15) is 5.82 Å². The third-order valence-electron chi connectivity index (χ3n) is 2.73. The molecule has 0 amide bonds. The van der Waals surface area contributed by atoms with Crippen molar-refractivity contribution in [2.45, 2.75) is 6.04 Å². The van der Waals surface area contributed by atoms with Gasteiger partial charge in [0.25, 0.3) is 0 Å². The molecule has 0 fully saturated rings. The normalized spacial score (nSPS) is 12.5. The summed E-state index contributed by atoms with van der Waals surface area (Å²) >= 11 is 15.7. The Hall–Kier alpha value is -0.650. The molecule has 6 heteroatoms. The topological polar surface area (TPSA) is 38.0 Å². The van der Waals surface area contributed by atoms with Crippen molar-refractivity contribution in [1.29, 1.82) is 0 Å². The van der Waals surface area contributed by atoms with Gasteiger partial charge in [-0.3, -0.25) is 5.84 Å². The second-order valence-electron chi connectivity index (χ2n) is 3.91. The Morgan fingerprint density at radius 3 is 2.58 bits per heavy atom. The van der Waals surface area contributed by atoms with Gasteiger partial charge in [-0.05, 0) is 51.3 Å². The molecular weight excluding hydrogens is 354 g/mol.